The minimum absolute atomic E-state index is 0.0231. The Labute approximate surface area is 74.0 Å². The van der Waals surface area contributed by atoms with Crippen LogP contribution in [0.3, 0.4) is 0 Å². The van der Waals surface area contributed by atoms with E-state index in [-0.39, 0.29) is 10.8 Å². The van der Waals surface area contributed by atoms with Crippen molar-refractivity contribution in [2.24, 2.45) is 28.2 Å². The Morgan fingerprint density at radius 3 is 2.00 bits per heavy atom. The van der Waals surface area contributed by atoms with Gasteiger partial charge in [0, 0.05) is 5.41 Å². The van der Waals surface area contributed by atoms with E-state index in [4.69, 9.17) is 11.5 Å². The van der Waals surface area contributed by atoms with Crippen LogP contribution < -0.4 is 11.5 Å². The zero-order valence-corrected chi connectivity index (χ0v) is 8.09. The highest BCUT2D eigenvalue weighted by Crippen LogP contribution is 2.63. The van der Waals surface area contributed by atoms with Gasteiger partial charge < -0.3 is 11.5 Å². The van der Waals surface area contributed by atoms with E-state index < -0.39 is 5.66 Å². The van der Waals surface area contributed by atoms with Gasteiger partial charge in [-0.2, -0.15) is 0 Å². The molecule has 0 aromatic rings. The van der Waals surface area contributed by atoms with Crippen molar-refractivity contribution in [2.75, 3.05) is 0 Å². The molecule has 4 N–H and O–H groups in total. The zero-order valence-electron chi connectivity index (χ0n) is 8.09. The highest BCUT2D eigenvalue weighted by molar-refractivity contribution is 5.30. The molecular weight excluding hydrogens is 148 g/mol. The molecule has 2 heteroatoms. The Morgan fingerprint density at radius 1 is 1.25 bits per heavy atom. The summed E-state index contributed by atoms with van der Waals surface area (Å²) in [5.74, 6) is 0.567. The van der Waals surface area contributed by atoms with Crippen LogP contribution in [0.5, 0.6) is 0 Å². The van der Waals surface area contributed by atoms with Crippen LogP contribution >= 0.6 is 0 Å². The second-order valence-corrected chi connectivity index (χ2v) is 5.13. The summed E-state index contributed by atoms with van der Waals surface area (Å²) in [5.41, 5.74) is 11.9. The van der Waals surface area contributed by atoms with Gasteiger partial charge in [0.15, 0.2) is 0 Å². The average molecular weight is 166 g/mol. The lowest BCUT2D eigenvalue weighted by atomic mass is 9.67. The third-order valence-electron chi connectivity index (χ3n) is 4.45. The molecule has 1 saturated carbocycles. The molecule has 2 unspecified atom stereocenters. The number of hydrogen-bond donors (Lipinski definition) is 2. The van der Waals surface area contributed by atoms with Gasteiger partial charge in [-0.15, -0.1) is 0 Å². The van der Waals surface area contributed by atoms with Gasteiger partial charge in [-0.3, -0.25) is 0 Å². The summed E-state index contributed by atoms with van der Waals surface area (Å²) in [6.45, 7) is 6.70. The van der Waals surface area contributed by atoms with Crippen molar-refractivity contribution < 1.29 is 0 Å². The van der Waals surface area contributed by atoms with E-state index in [1.165, 1.54) is 0 Å². The van der Waals surface area contributed by atoms with E-state index in [0.717, 1.165) is 6.42 Å². The molecule has 0 aromatic heterocycles. The van der Waals surface area contributed by atoms with Crippen LogP contribution in [0, 0.1) is 16.7 Å². The monoisotopic (exact) mass is 166 g/mol. The normalized spacial score (nSPS) is 46.9. The van der Waals surface area contributed by atoms with Crippen molar-refractivity contribution >= 4 is 0 Å². The fourth-order valence-electron chi connectivity index (χ4n) is 2.80. The first-order chi connectivity index (χ1) is 5.31. The number of rotatable bonds is 0. The molecule has 0 spiro atoms. The molecule has 2 rings (SSSR count). The van der Waals surface area contributed by atoms with Crippen LogP contribution in [0.2, 0.25) is 0 Å². The van der Waals surface area contributed by atoms with Gasteiger partial charge in [-0.05, 0) is 17.8 Å². The van der Waals surface area contributed by atoms with E-state index in [1.807, 2.05) is 0 Å². The topological polar surface area (TPSA) is 52.0 Å². The molecule has 0 heterocycles. The summed E-state index contributed by atoms with van der Waals surface area (Å²) in [6.07, 6.45) is 5.41. The quantitative estimate of drug-likeness (QED) is 0.420. The molecule has 2 atom stereocenters. The minimum atomic E-state index is -0.504. The Kier molecular flexibility index (Phi) is 1.22. The Hall–Kier alpha value is -0.340. The Morgan fingerprint density at radius 2 is 1.83 bits per heavy atom. The van der Waals surface area contributed by atoms with E-state index >= 15 is 0 Å². The summed E-state index contributed by atoms with van der Waals surface area (Å²) >= 11 is 0. The van der Waals surface area contributed by atoms with Gasteiger partial charge in [-0.25, -0.2) is 0 Å². The van der Waals surface area contributed by atoms with Crippen molar-refractivity contribution in [1.29, 1.82) is 0 Å². The highest BCUT2D eigenvalue weighted by Gasteiger charge is 2.63. The smallest absolute Gasteiger partial charge is 0.0738 e. The maximum absolute atomic E-state index is 6.10. The molecule has 0 aliphatic heterocycles. The van der Waals surface area contributed by atoms with Gasteiger partial charge in [0.1, 0.15) is 0 Å². The second kappa shape index (κ2) is 1.78. The van der Waals surface area contributed by atoms with E-state index in [2.05, 4.69) is 32.9 Å². The molecule has 2 aliphatic rings. The van der Waals surface area contributed by atoms with Crippen LogP contribution in [0.15, 0.2) is 12.2 Å². The first kappa shape index (κ1) is 8.27. The lowest BCUT2D eigenvalue weighted by Gasteiger charge is -2.42. The molecule has 0 aromatic carbocycles. The summed E-state index contributed by atoms with van der Waals surface area (Å²) in [5, 5.41) is 0. The second-order valence-electron chi connectivity index (χ2n) is 5.13. The summed E-state index contributed by atoms with van der Waals surface area (Å²) in [7, 11) is 0. The molecule has 0 amide bonds. The van der Waals surface area contributed by atoms with Gasteiger partial charge in [-0.1, -0.05) is 32.9 Å². The Balaban J connectivity index is 2.54. The lowest BCUT2D eigenvalue weighted by molar-refractivity contribution is 0.124. The first-order valence-electron chi connectivity index (χ1n) is 4.58. The minimum Gasteiger partial charge on any atom is -0.313 e. The predicted molar refractivity (Wildman–Crippen MR) is 50.2 cm³/mol. The molecule has 1 fully saturated rings. The molecule has 2 bridgehead atoms. The number of fused-ring (bicyclic) bond motifs is 2. The van der Waals surface area contributed by atoms with Gasteiger partial charge in [0.05, 0.1) is 5.66 Å². The van der Waals surface area contributed by atoms with Crippen molar-refractivity contribution in [3.05, 3.63) is 12.2 Å². The van der Waals surface area contributed by atoms with Crippen LogP contribution in [0.4, 0.5) is 0 Å². The van der Waals surface area contributed by atoms with Crippen LogP contribution in [-0.2, 0) is 0 Å². The number of nitrogens with two attached hydrogens (primary N) is 2. The van der Waals surface area contributed by atoms with E-state index in [9.17, 15) is 0 Å². The van der Waals surface area contributed by atoms with E-state index in [0.29, 0.717) is 5.92 Å². The van der Waals surface area contributed by atoms with E-state index in [1.54, 1.807) is 0 Å². The largest absolute Gasteiger partial charge is 0.313 e. The van der Waals surface area contributed by atoms with Crippen LogP contribution in [-0.4, -0.2) is 5.66 Å². The van der Waals surface area contributed by atoms with Crippen molar-refractivity contribution in [3.8, 4) is 0 Å². The molecular formula is C10H18N2. The summed E-state index contributed by atoms with van der Waals surface area (Å²) in [6, 6.07) is 0. The maximum atomic E-state index is 6.10. The van der Waals surface area contributed by atoms with Gasteiger partial charge in [0.2, 0.25) is 0 Å². The lowest BCUT2D eigenvalue weighted by Crippen LogP contribution is -2.60. The highest BCUT2D eigenvalue weighted by atomic mass is 15.0. The number of hydrogen-bond acceptors (Lipinski definition) is 2. The molecule has 12 heavy (non-hydrogen) atoms. The maximum Gasteiger partial charge on any atom is 0.0738 e. The average Bonchev–Trinajstić information content (AvgIpc) is 2.18. The van der Waals surface area contributed by atoms with Crippen molar-refractivity contribution in [1.82, 2.24) is 0 Å². The van der Waals surface area contributed by atoms with Crippen LogP contribution in [0.1, 0.15) is 27.2 Å². The summed E-state index contributed by atoms with van der Waals surface area (Å²) in [4.78, 5) is 0. The van der Waals surface area contributed by atoms with Crippen molar-refractivity contribution in [3.63, 3.8) is 0 Å². The number of allylic oxidation sites excluding steroid dienone is 1. The fourth-order valence-corrected chi connectivity index (χ4v) is 2.80. The summed E-state index contributed by atoms with van der Waals surface area (Å²) < 4.78 is 0. The SMILES string of the molecule is CC1(C)C2C=CC1(C)C(N)(N)C2. The third-order valence-corrected chi connectivity index (χ3v) is 4.45. The van der Waals surface area contributed by atoms with Crippen LogP contribution in [0.25, 0.3) is 0 Å². The predicted octanol–water partition coefficient (Wildman–Crippen LogP) is 1.22. The molecule has 2 nitrogen and oxygen atoms in total. The standard InChI is InChI=1S/C10H18N2/c1-8(2)7-4-5-9(8,3)10(11,12)6-7/h4-5,7H,6,11-12H2,1-3H3. The zero-order chi connectivity index (χ0) is 9.20. The van der Waals surface area contributed by atoms with Gasteiger partial charge >= 0.3 is 0 Å². The fraction of sp³-hybridized carbons (Fsp3) is 0.800. The third kappa shape index (κ3) is 0.603. The Bertz CT molecular complexity index is 253. The molecule has 0 radical (unpaired) electrons. The molecule has 0 saturated heterocycles. The van der Waals surface area contributed by atoms with Gasteiger partial charge in [0.25, 0.3) is 0 Å². The molecule has 68 valence electrons. The molecule has 2 aliphatic carbocycles. The first-order valence-corrected chi connectivity index (χ1v) is 4.58. The van der Waals surface area contributed by atoms with Crippen molar-refractivity contribution in [2.45, 2.75) is 32.9 Å².